The van der Waals surface area contributed by atoms with Crippen LogP contribution in [-0.2, 0) is 13.5 Å². The fraction of sp³-hybridized carbons (Fsp3) is 0.303. The highest BCUT2D eigenvalue weighted by Crippen LogP contribution is 2.54. The quantitative estimate of drug-likeness (QED) is 0.163. The Morgan fingerprint density at radius 3 is 2.24 bits per heavy atom. The molecule has 1 nitrogen and oxygen atoms in total. The van der Waals surface area contributed by atoms with Crippen molar-refractivity contribution < 1.29 is 17.7 Å². The van der Waals surface area contributed by atoms with Crippen LogP contribution in [0.1, 0.15) is 50.3 Å². The number of benzene rings is 4. The van der Waals surface area contributed by atoms with Crippen molar-refractivity contribution in [1.29, 1.82) is 0 Å². The van der Waals surface area contributed by atoms with Crippen molar-refractivity contribution in [3.8, 4) is 11.3 Å². The van der Waals surface area contributed by atoms with E-state index in [4.69, 9.17) is 0 Å². The smallest absolute Gasteiger partial charge is 0.200 e. The Morgan fingerprint density at radius 1 is 0.868 bits per heavy atom. The first kappa shape index (κ1) is 25.2. The van der Waals surface area contributed by atoms with Gasteiger partial charge in [0, 0.05) is 21.2 Å². The molecule has 0 aliphatic carbocycles. The van der Waals surface area contributed by atoms with Crippen LogP contribution in [0.2, 0.25) is 0 Å². The van der Waals surface area contributed by atoms with E-state index in [2.05, 4.69) is 81.0 Å². The zero-order valence-corrected chi connectivity index (χ0v) is 23.4. The molecule has 38 heavy (non-hydrogen) atoms. The molecule has 0 fully saturated rings. The molecule has 4 aromatic carbocycles. The lowest BCUT2D eigenvalue weighted by molar-refractivity contribution is -0.659. The third-order valence-electron chi connectivity index (χ3n) is 8.23. The van der Waals surface area contributed by atoms with Crippen LogP contribution in [0.3, 0.4) is 0 Å². The first-order valence-corrected chi connectivity index (χ1v) is 13.9. The van der Waals surface area contributed by atoms with Crippen molar-refractivity contribution in [2.45, 2.75) is 62.9 Å². The molecule has 2 heterocycles. The van der Waals surface area contributed by atoms with E-state index in [1.807, 2.05) is 12.1 Å². The minimum Gasteiger partial charge on any atom is -0.200 e. The van der Waals surface area contributed by atoms with Gasteiger partial charge in [-0.2, -0.15) is 13.2 Å². The number of halogens is 3. The minimum atomic E-state index is -4.28. The van der Waals surface area contributed by atoms with Crippen molar-refractivity contribution in [1.82, 2.24) is 0 Å². The van der Waals surface area contributed by atoms with Crippen LogP contribution in [0, 0.1) is 12.3 Å². The molecule has 194 valence electrons. The van der Waals surface area contributed by atoms with E-state index in [0.29, 0.717) is 5.92 Å². The lowest BCUT2D eigenvalue weighted by Crippen LogP contribution is -2.34. The molecule has 0 saturated heterocycles. The summed E-state index contributed by atoms with van der Waals surface area (Å²) in [6, 6.07) is 18.7. The molecule has 0 amide bonds. The molecule has 0 unspecified atom stereocenters. The molecule has 5 aromatic rings. The van der Waals surface area contributed by atoms with Crippen molar-refractivity contribution >= 4 is 44.1 Å². The first-order chi connectivity index (χ1) is 17.9. The van der Waals surface area contributed by atoms with Gasteiger partial charge in [-0.3, -0.25) is 0 Å². The third-order valence-corrected chi connectivity index (χ3v) is 9.40. The van der Waals surface area contributed by atoms with Crippen LogP contribution in [0.5, 0.6) is 0 Å². The fourth-order valence-corrected chi connectivity index (χ4v) is 7.65. The Morgan fingerprint density at radius 2 is 1.55 bits per heavy atom. The summed E-state index contributed by atoms with van der Waals surface area (Å²) in [7, 11) is 2.09. The Kier molecular flexibility index (Phi) is 5.63. The largest absolute Gasteiger partial charge is 0.394 e. The van der Waals surface area contributed by atoms with Crippen LogP contribution >= 0.6 is 11.8 Å². The maximum Gasteiger partial charge on any atom is 0.394 e. The number of aryl methyl sites for hydroxylation is 2. The summed E-state index contributed by atoms with van der Waals surface area (Å²) in [6.07, 6.45) is -2.25. The zero-order chi connectivity index (χ0) is 27.1. The van der Waals surface area contributed by atoms with Crippen LogP contribution in [0.25, 0.3) is 43.6 Å². The maximum absolute atomic E-state index is 13.9. The van der Waals surface area contributed by atoms with Gasteiger partial charge in [-0.1, -0.05) is 81.9 Å². The summed E-state index contributed by atoms with van der Waals surface area (Å²) in [5, 5.41) is 6.74. The molecular weight excluding hydrogens is 499 g/mol. The van der Waals surface area contributed by atoms with Crippen LogP contribution in [-0.4, -0.2) is 6.18 Å². The molecule has 1 aromatic heterocycles. The monoisotopic (exact) mass is 530 g/mol. The summed E-state index contributed by atoms with van der Waals surface area (Å²) in [5.41, 5.74) is 3.97. The molecule has 6 rings (SSSR count). The number of fused-ring (bicyclic) bond motifs is 5. The molecular formula is C33H31F3NS+. The average molecular weight is 531 g/mol. The molecule has 0 atom stereocenters. The van der Waals surface area contributed by atoms with E-state index < -0.39 is 11.6 Å². The number of hydrogen-bond donors (Lipinski definition) is 0. The molecule has 0 radical (unpaired) electrons. The normalized spacial score (nSPS) is 13.6. The molecule has 0 N–H and O–H groups in total. The van der Waals surface area contributed by atoms with Crippen molar-refractivity contribution in [3.05, 3.63) is 77.5 Å². The van der Waals surface area contributed by atoms with E-state index in [9.17, 15) is 13.2 Å². The minimum absolute atomic E-state index is 0.0610. The SMILES string of the molecule is Cc1c2c(c(C(C)C)c3ccccc13)Sc1cc3c(CC(C)(C)C(F)(F)F)cccc3c3cc[n+](C)c-2c13. The Bertz CT molecular complexity index is 1780. The van der Waals surface area contributed by atoms with Gasteiger partial charge in [0.1, 0.15) is 7.05 Å². The third kappa shape index (κ3) is 3.58. The maximum atomic E-state index is 13.9. The summed E-state index contributed by atoms with van der Waals surface area (Å²) >= 11 is 1.78. The van der Waals surface area contributed by atoms with Crippen molar-refractivity contribution in [2.75, 3.05) is 0 Å². The predicted octanol–water partition coefficient (Wildman–Crippen LogP) is 9.67. The second kappa shape index (κ2) is 8.47. The first-order valence-electron chi connectivity index (χ1n) is 13.1. The predicted molar refractivity (Wildman–Crippen MR) is 152 cm³/mol. The van der Waals surface area contributed by atoms with Crippen LogP contribution in [0.4, 0.5) is 13.2 Å². The van der Waals surface area contributed by atoms with Gasteiger partial charge >= 0.3 is 6.18 Å². The Hall–Kier alpha value is -3.05. The van der Waals surface area contributed by atoms with Gasteiger partial charge in [-0.05, 0) is 63.6 Å². The number of rotatable bonds is 3. The molecule has 5 heteroatoms. The lowest BCUT2D eigenvalue weighted by atomic mass is 9.82. The van der Waals surface area contributed by atoms with Crippen molar-refractivity contribution in [2.24, 2.45) is 12.5 Å². The summed E-state index contributed by atoms with van der Waals surface area (Å²) < 4.78 is 43.8. The molecule has 1 aliphatic heterocycles. The molecule has 0 spiro atoms. The van der Waals surface area contributed by atoms with Gasteiger partial charge in [0.25, 0.3) is 0 Å². The standard InChI is InChI=1S/C33H31F3NS/c1-18(2)27-23-12-8-7-11-21(23)19(3)28-30-29-24(14-15-37(30)6)22-13-9-10-20(17-32(4,5)33(34,35)36)25(22)16-26(29)38-31(27)28/h7-16,18H,17H2,1-6H3/q+1. The van der Waals surface area contributed by atoms with Crippen LogP contribution < -0.4 is 4.57 Å². The van der Waals surface area contributed by atoms with Gasteiger partial charge in [0.15, 0.2) is 6.20 Å². The number of pyridine rings is 1. The highest BCUT2D eigenvalue weighted by atomic mass is 32.2. The van der Waals surface area contributed by atoms with Crippen LogP contribution in [0.15, 0.2) is 70.6 Å². The average Bonchev–Trinajstić information content (AvgIpc) is 2.84. The second-order valence-electron chi connectivity index (χ2n) is 11.6. The van der Waals surface area contributed by atoms with Gasteiger partial charge in [0.2, 0.25) is 5.69 Å². The highest BCUT2D eigenvalue weighted by molar-refractivity contribution is 8.00. The van der Waals surface area contributed by atoms with E-state index in [0.717, 1.165) is 26.6 Å². The molecule has 0 bridgehead atoms. The van der Waals surface area contributed by atoms with E-state index in [1.54, 1.807) is 11.8 Å². The van der Waals surface area contributed by atoms with Gasteiger partial charge < -0.3 is 0 Å². The molecule has 0 saturated carbocycles. The van der Waals surface area contributed by atoms with Gasteiger partial charge in [-0.25, -0.2) is 4.57 Å². The lowest BCUT2D eigenvalue weighted by Gasteiger charge is -2.29. The van der Waals surface area contributed by atoms with Gasteiger partial charge in [0.05, 0.1) is 16.4 Å². The second-order valence-corrected chi connectivity index (χ2v) is 12.6. The van der Waals surface area contributed by atoms with E-state index in [1.165, 1.54) is 57.3 Å². The van der Waals surface area contributed by atoms with Crippen molar-refractivity contribution in [3.63, 3.8) is 0 Å². The number of nitrogens with zero attached hydrogens (tertiary/aromatic N) is 1. The number of aromatic nitrogens is 1. The highest BCUT2D eigenvalue weighted by Gasteiger charge is 2.47. The van der Waals surface area contributed by atoms with E-state index >= 15 is 0 Å². The zero-order valence-electron chi connectivity index (χ0n) is 22.5. The molecule has 1 aliphatic rings. The topological polar surface area (TPSA) is 3.88 Å². The fourth-order valence-electron chi connectivity index (χ4n) is 6.14. The van der Waals surface area contributed by atoms with E-state index in [-0.39, 0.29) is 6.42 Å². The Balaban J connectivity index is 1.72. The Labute approximate surface area is 225 Å². The summed E-state index contributed by atoms with van der Waals surface area (Å²) in [4.78, 5) is 2.37. The number of alkyl halides is 3. The summed E-state index contributed by atoms with van der Waals surface area (Å²) in [6.45, 7) is 9.29. The number of hydrogen-bond acceptors (Lipinski definition) is 1. The van der Waals surface area contributed by atoms with Gasteiger partial charge in [-0.15, -0.1) is 0 Å². The summed E-state index contributed by atoms with van der Waals surface area (Å²) in [5.74, 6) is 0.316.